The SMILES string of the molecule is COc1cc(OC)cc(C(=O)N2C3C=CC(CC3)C2(C)C)c1. The third-order valence-electron chi connectivity index (χ3n) is 5.02. The summed E-state index contributed by atoms with van der Waals surface area (Å²) in [5.74, 6) is 1.74. The van der Waals surface area contributed by atoms with Crippen LogP contribution in [0.3, 0.4) is 0 Å². The molecule has 0 radical (unpaired) electrons. The summed E-state index contributed by atoms with van der Waals surface area (Å²) in [6.45, 7) is 4.31. The van der Waals surface area contributed by atoms with Gasteiger partial charge in [-0.2, -0.15) is 0 Å². The number of benzene rings is 1. The molecule has 2 heterocycles. The van der Waals surface area contributed by atoms with Crippen LogP contribution in [0.5, 0.6) is 11.5 Å². The van der Waals surface area contributed by atoms with Crippen LogP contribution in [0.2, 0.25) is 0 Å². The fourth-order valence-corrected chi connectivity index (χ4v) is 3.70. The second kappa shape index (κ2) is 5.34. The molecule has 3 aliphatic rings. The third-order valence-corrected chi connectivity index (χ3v) is 5.02. The molecule has 4 heteroatoms. The molecule has 0 spiro atoms. The van der Waals surface area contributed by atoms with E-state index in [9.17, 15) is 4.79 Å². The number of nitrogens with zero attached hydrogens (tertiary/aromatic N) is 1. The molecule has 1 saturated heterocycles. The van der Waals surface area contributed by atoms with Crippen molar-refractivity contribution in [3.05, 3.63) is 35.9 Å². The molecule has 4 nitrogen and oxygen atoms in total. The van der Waals surface area contributed by atoms with Crippen molar-refractivity contribution in [2.75, 3.05) is 14.2 Å². The molecule has 0 saturated carbocycles. The highest BCUT2D eigenvalue weighted by Crippen LogP contribution is 2.43. The highest BCUT2D eigenvalue weighted by atomic mass is 16.5. The van der Waals surface area contributed by atoms with Gasteiger partial charge >= 0.3 is 0 Å². The highest BCUT2D eigenvalue weighted by Gasteiger charge is 2.46. The molecule has 2 aliphatic heterocycles. The van der Waals surface area contributed by atoms with Crippen LogP contribution in [0.1, 0.15) is 37.0 Å². The molecule has 22 heavy (non-hydrogen) atoms. The predicted octanol–water partition coefficient (Wildman–Crippen LogP) is 3.27. The van der Waals surface area contributed by atoms with Gasteiger partial charge in [0.25, 0.3) is 5.91 Å². The van der Waals surface area contributed by atoms with E-state index in [0.717, 1.165) is 12.8 Å². The topological polar surface area (TPSA) is 38.8 Å². The minimum atomic E-state index is -0.162. The van der Waals surface area contributed by atoms with E-state index in [4.69, 9.17) is 9.47 Å². The Morgan fingerprint density at radius 1 is 1.09 bits per heavy atom. The van der Waals surface area contributed by atoms with Gasteiger partial charge in [0.15, 0.2) is 0 Å². The van der Waals surface area contributed by atoms with E-state index in [1.807, 2.05) is 4.90 Å². The Hall–Kier alpha value is -1.97. The molecule has 1 aliphatic carbocycles. The summed E-state index contributed by atoms with van der Waals surface area (Å²) in [7, 11) is 3.19. The van der Waals surface area contributed by atoms with Crippen molar-refractivity contribution in [1.82, 2.24) is 4.90 Å². The number of ether oxygens (including phenoxy) is 2. The number of hydrogen-bond acceptors (Lipinski definition) is 3. The summed E-state index contributed by atoms with van der Waals surface area (Å²) in [5.41, 5.74) is 0.454. The lowest BCUT2D eigenvalue weighted by molar-refractivity contribution is 0.00624. The van der Waals surface area contributed by atoms with Crippen LogP contribution in [0.4, 0.5) is 0 Å². The van der Waals surface area contributed by atoms with Crippen LogP contribution < -0.4 is 9.47 Å². The second-order valence-corrected chi connectivity index (χ2v) is 6.57. The molecule has 2 bridgehead atoms. The zero-order valence-electron chi connectivity index (χ0n) is 13.6. The quantitative estimate of drug-likeness (QED) is 0.804. The van der Waals surface area contributed by atoms with Gasteiger partial charge in [-0.05, 0) is 44.7 Å². The molecular weight excluding hydrogens is 278 g/mol. The van der Waals surface area contributed by atoms with Crippen LogP contribution in [-0.4, -0.2) is 36.6 Å². The van der Waals surface area contributed by atoms with Crippen molar-refractivity contribution >= 4 is 5.91 Å². The third kappa shape index (κ3) is 2.27. The summed E-state index contributed by atoms with van der Waals surface area (Å²) >= 11 is 0. The summed E-state index contributed by atoms with van der Waals surface area (Å²) in [6, 6.07) is 5.54. The van der Waals surface area contributed by atoms with Gasteiger partial charge in [-0.25, -0.2) is 0 Å². The monoisotopic (exact) mass is 301 g/mol. The molecule has 1 aromatic carbocycles. The summed E-state index contributed by atoms with van der Waals surface area (Å²) < 4.78 is 10.6. The Kier molecular flexibility index (Phi) is 3.63. The van der Waals surface area contributed by atoms with Gasteiger partial charge in [-0.1, -0.05) is 12.2 Å². The van der Waals surface area contributed by atoms with Gasteiger partial charge in [0, 0.05) is 17.2 Å². The maximum absolute atomic E-state index is 13.1. The van der Waals surface area contributed by atoms with Gasteiger partial charge in [-0.15, -0.1) is 0 Å². The maximum Gasteiger partial charge on any atom is 0.255 e. The molecule has 118 valence electrons. The number of methoxy groups -OCH3 is 2. The van der Waals surface area contributed by atoms with Gasteiger partial charge in [0.2, 0.25) is 0 Å². The molecule has 2 atom stereocenters. The van der Waals surface area contributed by atoms with Crippen LogP contribution in [-0.2, 0) is 0 Å². The van der Waals surface area contributed by atoms with Crippen molar-refractivity contribution in [2.24, 2.45) is 5.92 Å². The Morgan fingerprint density at radius 3 is 2.18 bits per heavy atom. The largest absolute Gasteiger partial charge is 0.497 e. The van der Waals surface area contributed by atoms with Gasteiger partial charge in [0.1, 0.15) is 11.5 Å². The van der Waals surface area contributed by atoms with Crippen molar-refractivity contribution < 1.29 is 14.3 Å². The van der Waals surface area contributed by atoms with Crippen LogP contribution in [0.15, 0.2) is 30.4 Å². The number of rotatable bonds is 3. The lowest BCUT2D eigenvalue weighted by atomic mass is 9.72. The first kappa shape index (κ1) is 14.9. The van der Waals surface area contributed by atoms with Crippen molar-refractivity contribution in [1.29, 1.82) is 0 Å². The van der Waals surface area contributed by atoms with Crippen molar-refractivity contribution in [2.45, 2.75) is 38.3 Å². The zero-order chi connectivity index (χ0) is 15.9. The van der Waals surface area contributed by atoms with E-state index in [-0.39, 0.29) is 17.5 Å². The first-order valence-electron chi connectivity index (χ1n) is 7.72. The molecule has 0 aromatic heterocycles. The first-order valence-corrected chi connectivity index (χ1v) is 7.72. The molecule has 4 rings (SSSR count). The number of carbonyl (C=O) groups is 1. The van der Waals surface area contributed by atoms with Gasteiger partial charge in [0.05, 0.1) is 20.3 Å². The van der Waals surface area contributed by atoms with Crippen molar-refractivity contribution in [3.8, 4) is 11.5 Å². The Bertz CT molecular complexity index is 599. The lowest BCUT2D eigenvalue weighted by Gasteiger charge is -2.54. The molecule has 2 unspecified atom stereocenters. The highest BCUT2D eigenvalue weighted by molar-refractivity contribution is 5.96. The average molecular weight is 301 g/mol. The lowest BCUT2D eigenvalue weighted by Crippen LogP contribution is -2.61. The maximum atomic E-state index is 13.1. The molecule has 0 N–H and O–H groups in total. The van der Waals surface area contributed by atoms with E-state index in [2.05, 4.69) is 26.0 Å². The predicted molar refractivity (Wildman–Crippen MR) is 85.4 cm³/mol. The number of amides is 1. The van der Waals surface area contributed by atoms with E-state index in [0.29, 0.717) is 23.0 Å². The molecule has 1 amide bonds. The fourth-order valence-electron chi connectivity index (χ4n) is 3.70. The first-order chi connectivity index (χ1) is 10.5. The zero-order valence-corrected chi connectivity index (χ0v) is 13.6. The van der Waals surface area contributed by atoms with E-state index in [1.165, 1.54) is 0 Å². The van der Waals surface area contributed by atoms with E-state index in [1.54, 1.807) is 32.4 Å². The minimum absolute atomic E-state index is 0.0428. The molecule has 1 aromatic rings. The smallest absolute Gasteiger partial charge is 0.255 e. The Labute approximate surface area is 131 Å². The fraction of sp³-hybridized carbons (Fsp3) is 0.500. The number of carbonyl (C=O) groups excluding carboxylic acids is 1. The van der Waals surface area contributed by atoms with Crippen LogP contribution in [0.25, 0.3) is 0 Å². The normalized spacial score (nSPS) is 25.2. The summed E-state index contributed by atoms with van der Waals surface area (Å²) in [5, 5.41) is 0. The Morgan fingerprint density at radius 2 is 1.73 bits per heavy atom. The van der Waals surface area contributed by atoms with E-state index >= 15 is 0 Å². The van der Waals surface area contributed by atoms with E-state index < -0.39 is 0 Å². The van der Waals surface area contributed by atoms with Gasteiger partial charge < -0.3 is 14.4 Å². The number of fused-ring (bicyclic) bond motifs is 2. The van der Waals surface area contributed by atoms with Crippen LogP contribution in [0, 0.1) is 5.92 Å². The number of piperidine rings is 1. The minimum Gasteiger partial charge on any atom is -0.497 e. The summed E-state index contributed by atoms with van der Waals surface area (Å²) in [4.78, 5) is 15.1. The summed E-state index contributed by atoms with van der Waals surface area (Å²) in [6.07, 6.45) is 6.63. The van der Waals surface area contributed by atoms with Crippen molar-refractivity contribution in [3.63, 3.8) is 0 Å². The average Bonchev–Trinajstić information content (AvgIpc) is 2.54. The standard InChI is InChI=1S/C18H23NO3/c1-18(2)13-5-7-14(8-6-13)19(18)17(20)12-9-15(21-3)11-16(10-12)22-4/h5,7,9-11,13-14H,6,8H2,1-4H3. The molecular formula is C18H23NO3. The second-order valence-electron chi connectivity index (χ2n) is 6.57. The molecule has 1 fully saturated rings. The van der Waals surface area contributed by atoms with Crippen LogP contribution >= 0.6 is 0 Å². The number of hydrogen-bond donors (Lipinski definition) is 0. The van der Waals surface area contributed by atoms with Gasteiger partial charge in [-0.3, -0.25) is 4.79 Å². The Balaban J connectivity index is 1.99.